The topological polar surface area (TPSA) is 12.5 Å². The van der Waals surface area contributed by atoms with E-state index >= 15 is 0 Å². The Labute approximate surface area is 103 Å². The number of hydrogen-bond acceptors (Lipinski definition) is 2. The third-order valence-electron chi connectivity index (χ3n) is 3.81. The Morgan fingerprint density at radius 3 is 2.78 bits per heavy atom. The van der Waals surface area contributed by atoms with Crippen LogP contribution in [0.1, 0.15) is 22.6 Å². The van der Waals surface area contributed by atoms with Crippen LogP contribution in [-0.2, 0) is 17.5 Å². The minimum Gasteiger partial charge on any atom is -0.371 e. The largest absolute Gasteiger partial charge is 0.416 e. The average molecular weight is 257 g/mol. The van der Waals surface area contributed by atoms with Gasteiger partial charge in [0.25, 0.3) is 0 Å². The predicted molar refractivity (Wildman–Crippen MR) is 60.3 cm³/mol. The van der Waals surface area contributed by atoms with E-state index in [0.29, 0.717) is 5.56 Å². The molecule has 5 heteroatoms. The first-order valence-electron chi connectivity index (χ1n) is 5.96. The summed E-state index contributed by atoms with van der Waals surface area (Å²) >= 11 is 0. The maximum Gasteiger partial charge on any atom is 0.416 e. The monoisotopic (exact) mass is 257 g/mol. The van der Waals surface area contributed by atoms with Gasteiger partial charge < -0.3 is 9.64 Å². The standard InChI is InChI=1S/C13H14F3NO/c1-17-5-9-8-3-2-4-11(13(14,15)16)10(8)7-18-12(9)6-17/h2-4,9,12H,5-7H2,1H3/t9-,12-/m0/s1. The molecule has 98 valence electrons. The van der Waals surface area contributed by atoms with E-state index in [1.807, 2.05) is 13.1 Å². The number of likely N-dealkylation sites (tertiary alicyclic amines) is 1. The molecule has 0 bridgehead atoms. The van der Waals surface area contributed by atoms with Crippen molar-refractivity contribution in [2.24, 2.45) is 0 Å². The van der Waals surface area contributed by atoms with Crippen LogP contribution in [0.5, 0.6) is 0 Å². The van der Waals surface area contributed by atoms with Crippen LogP contribution in [0, 0.1) is 0 Å². The van der Waals surface area contributed by atoms with Gasteiger partial charge in [0.1, 0.15) is 0 Å². The molecule has 2 nitrogen and oxygen atoms in total. The molecule has 2 aliphatic rings. The number of fused-ring (bicyclic) bond motifs is 3. The van der Waals surface area contributed by atoms with Crippen LogP contribution in [0.4, 0.5) is 13.2 Å². The van der Waals surface area contributed by atoms with Crippen molar-refractivity contribution in [3.8, 4) is 0 Å². The highest BCUT2D eigenvalue weighted by Crippen LogP contribution is 2.41. The minimum atomic E-state index is -4.30. The third-order valence-corrected chi connectivity index (χ3v) is 3.81. The molecule has 0 aliphatic carbocycles. The summed E-state index contributed by atoms with van der Waals surface area (Å²) in [5.41, 5.74) is 0.583. The quantitative estimate of drug-likeness (QED) is 0.708. The van der Waals surface area contributed by atoms with Crippen molar-refractivity contribution in [1.29, 1.82) is 0 Å². The van der Waals surface area contributed by atoms with Crippen molar-refractivity contribution in [2.45, 2.75) is 24.8 Å². The predicted octanol–water partition coefficient (Wildman–Crippen LogP) is 2.63. The number of halogens is 3. The first kappa shape index (κ1) is 12.0. The summed E-state index contributed by atoms with van der Waals surface area (Å²) in [6.07, 6.45) is -4.27. The molecule has 0 radical (unpaired) electrons. The van der Waals surface area contributed by atoms with E-state index in [1.54, 1.807) is 0 Å². The summed E-state index contributed by atoms with van der Waals surface area (Å²) in [4.78, 5) is 2.10. The highest BCUT2D eigenvalue weighted by molar-refractivity contribution is 5.41. The van der Waals surface area contributed by atoms with Gasteiger partial charge in [-0.05, 0) is 24.2 Å². The number of nitrogens with zero attached hydrogens (tertiary/aromatic N) is 1. The Morgan fingerprint density at radius 2 is 2.06 bits per heavy atom. The Kier molecular flexibility index (Phi) is 2.64. The van der Waals surface area contributed by atoms with Crippen LogP contribution in [-0.4, -0.2) is 31.1 Å². The molecule has 0 aromatic heterocycles. The van der Waals surface area contributed by atoms with Gasteiger partial charge in [0, 0.05) is 19.0 Å². The number of hydrogen-bond donors (Lipinski definition) is 0. The van der Waals surface area contributed by atoms with Gasteiger partial charge in [-0.2, -0.15) is 13.2 Å². The van der Waals surface area contributed by atoms with E-state index in [-0.39, 0.29) is 18.6 Å². The van der Waals surface area contributed by atoms with Crippen LogP contribution < -0.4 is 0 Å². The second kappa shape index (κ2) is 3.96. The Morgan fingerprint density at radius 1 is 1.28 bits per heavy atom. The van der Waals surface area contributed by atoms with E-state index in [2.05, 4.69) is 4.90 Å². The van der Waals surface area contributed by atoms with E-state index in [9.17, 15) is 13.2 Å². The van der Waals surface area contributed by atoms with Gasteiger partial charge in [-0.1, -0.05) is 12.1 Å². The summed E-state index contributed by atoms with van der Waals surface area (Å²) in [6, 6.07) is 4.45. The zero-order valence-corrected chi connectivity index (χ0v) is 10.00. The summed E-state index contributed by atoms with van der Waals surface area (Å²) in [7, 11) is 1.97. The Bertz CT molecular complexity index is 472. The Balaban J connectivity index is 2.06. The zero-order chi connectivity index (χ0) is 12.9. The van der Waals surface area contributed by atoms with Crippen molar-refractivity contribution in [3.05, 3.63) is 34.9 Å². The van der Waals surface area contributed by atoms with Crippen LogP contribution in [0.2, 0.25) is 0 Å². The molecule has 18 heavy (non-hydrogen) atoms. The van der Waals surface area contributed by atoms with Crippen molar-refractivity contribution in [3.63, 3.8) is 0 Å². The zero-order valence-electron chi connectivity index (χ0n) is 10.00. The van der Waals surface area contributed by atoms with Gasteiger partial charge in [0.05, 0.1) is 18.3 Å². The molecule has 0 N–H and O–H groups in total. The lowest BCUT2D eigenvalue weighted by molar-refractivity contribution is -0.139. The molecule has 1 fully saturated rings. The van der Waals surface area contributed by atoms with E-state index in [1.165, 1.54) is 6.07 Å². The van der Waals surface area contributed by atoms with Crippen molar-refractivity contribution >= 4 is 0 Å². The maximum atomic E-state index is 12.9. The first-order valence-corrected chi connectivity index (χ1v) is 5.96. The second-order valence-corrected chi connectivity index (χ2v) is 5.05. The number of ether oxygens (including phenoxy) is 1. The van der Waals surface area contributed by atoms with Crippen LogP contribution in [0.15, 0.2) is 18.2 Å². The molecule has 3 rings (SSSR count). The molecule has 0 saturated carbocycles. The van der Waals surface area contributed by atoms with Gasteiger partial charge >= 0.3 is 6.18 Å². The summed E-state index contributed by atoms with van der Waals surface area (Å²) in [5.74, 6) is 0.0704. The summed E-state index contributed by atoms with van der Waals surface area (Å²) < 4.78 is 44.4. The third kappa shape index (κ3) is 1.82. The normalized spacial score (nSPS) is 28.0. The minimum absolute atomic E-state index is 0.0333. The fourth-order valence-electron chi connectivity index (χ4n) is 3.00. The van der Waals surface area contributed by atoms with Crippen LogP contribution >= 0.6 is 0 Å². The lowest BCUT2D eigenvalue weighted by Gasteiger charge is -2.29. The Hall–Kier alpha value is -1.07. The number of alkyl halides is 3. The van der Waals surface area contributed by atoms with Gasteiger partial charge in [-0.3, -0.25) is 0 Å². The molecule has 2 atom stereocenters. The molecule has 2 aliphatic heterocycles. The first-order chi connectivity index (χ1) is 8.47. The van der Waals surface area contributed by atoms with E-state index in [0.717, 1.165) is 24.7 Å². The van der Waals surface area contributed by atoms with Gasteiger partial charge in [-0.25, -0.2) is 0 Å². The number of benzene rings is 1. The molecule has 1 aromatic carbocycles. The van der Waals surface area contributed by atoms with Gasteiger partial charge in [0.15, 0.2) is 0 Å². The molecule has 2 heterocycles. The molecule has 0 amide bonds. The molecule has 0 spiro atoms. The van der Waals surface area contributed by atoms with E-state index in [4.69, 9.17) is 4.74 Å². The van der Waals surface area contributed by atoms with Crippen molar-refractivity contribution in [1.82, 2.24) is 4.90 Å². The lowest BCUT2D eigenvalue weighted by atomic mass is 9.87. The highest BCUT2D eigenvalue weighted by Gasteiger charge is 2.41. The summed E-state index contributed by atoms with van der Waals surface area (Å²) in [5, 5.41) is 0. The van der Waals surface area contributed by atoms with E-state index < -0.39 is 11.7 Å². The average Bonchev–Trinajstić information content (AvgIpc) is 2.67. The lowest BCUT2D eigenvalue weighted by Crippen LogP contribution is -2.28. The van der Waals surface area contributed by atoms with Crippen LogP contribution in [0.3, 0.4) is 0 Å². The molecule has 1 aromatic rings. The smallest absolute Gasteiger partial charge is 0.371 e. The molecular weight excluding hydrogens is 243 g/mol. The fraction of sp³-hybridized carbons (Fsp3) is 0.538. The molecule has 1 saturated heterocycles. The highest BCUT2D eigenvalue weighted by atomic mass is 19.4. The SMILES string of the molecule is CN1C[C@@H]2OCc3c(cccc3C(F)(F)F)[C@@H]2C1. The second-order valence-electron chi connectivity index (χ2n) is 5.05. The van der Waals surface area contributed by atoms with Gasteiger partial charge in [0.2, 0.25) is 0 Å². The summed E-state index contributed by atoms with van der Waals surface area (Å²) in [6.45, 7) is 1.62. The molecule has 0 unspecified atom stereocenters. The van der Waals surface area contributed by atoms with Gasteiger partial charge in [-0.15, -0.1) is 0 Å². The maximum absolute atomic E-state index is 12.9. The van der Waals surface area contributed by atoms with Crippen LogP contribution in [0.25, 0.3) is 0 Å². The van der Waals surface area contributed by atoms with Crippen molar-refractivity contribution < 1.29 is 17.9 Å². The molecular formula is C13H14F3NO. The fourth-order valence-corrected chi connectivity index (χ4v) is 3.00. The number of likely N-dealkylation sites (N-methyl/N-ethyl adjacent to an activating group) is 1. The number of rotatable bonds is 0. The van der Waals surface area contributed by atoms with Crippen molar-refractivity contribution in [2.75, 3.05) is 20.1 Å².